The maximum atomic E-state index is 13.5. The minimum atomic E-state index is -0.336. The number of thioether (sulfide) groups is 1. The number of hydrogen-bond donors (Lipinski definition) is 0. The first-order valence-corrected chi connectivity index (χ1v) is 11.1. The summed E-state index contributed by atoms with van der Waals surface area (Å²) in [5.41, 5.74) is 1.14. The topological polar surface area (TPSA) is 68.3 Å². The number of fused-ring (bicyclic) bond motifs is 3. The van der Waals surface area contributed by atoms with E-state index < -0.39 is 0 Å². The Bertz CT molecular complexity index is 1070. The summed E-state index contributed by atoms with van der Waals surface area (Å²) in [4.78, 5) is 34.3. The summed E-state index contributed by atoms with van der Waals surface area (Å²) >= 11 is 2.96. The number of thiophene rings is 1. The van der Waals surface area contributed by atoms with E-state index in [0.29, 0.717) is 17.5 Å². The molecule has 3 aromatic rings. The second-order valence-electron chi connectivity index (χ2n) is 7.25. The van der Waals surface area contributed by atoms with Crippen molar-refractivity contribution in [2.24, 2.45) is 0 Å². The molecule has 0 saturated carbocycles. The Kier molecular flexibility index (Phi) is 5.33. The average molecular weight is 418 g/mol. The Morgan fingerprint density at radius 1 is 1.39 bits per heavy atom. The van der Waals surface area contributed by atoms with E-state index in [4.69, 9.17) is 9.40 Å². The summed E-state index contributed by atoms with van der Waals surface area (Å²) in [6.45, 7) is 2.16. The highest BCUT2D eigenvalue weighted by Crippen LogP contribution is 2.35. The Hall–Kier alpha value is -2.06. The molecule has 0 N–H and O–H groups in total. The molecule has 0 aromatic carbocycles. The Morgan fingerprint density at radius 3 is 2.89 bits per heavy atom. The number of carbonyl (C=O) groups excluding carboxylic acids is 1. The van der Waals surface area contributed by atoms with Crippen molar-refractivity contribution in [1.29, 1.82) is 0 Å². The zero-order valence-electron chi connectivity index (χ0n) is 16.2. The molecule has 0 spiro atoms. The number of amides is 1. The van der Waals surface area contributed by atoms with Crippen LogP contribution in [0.3, 0.4) is 0 Å². The zero-order chi connectivity index (χ0) is 19.8. The number of aryl methyl sites for hydroxylation is 2. The highest BCUT2D eigenvalue weighted by atomic mass is 32.2. The number of hydrogen-bond acceptors (Lipinski definition) is 6. The quantitative estimate of drug-likeness (QED) is 0.469. The molecular formula is C20H23N3O3S2. The van der Waals surface area contributed by atoms with Gasteiger partial charge in [-0.1, -0.05) is 11.8 Å². The summed E-state index contributed by atoms with van der Waals surface area (Å²) in [6, 6.07) is 3.66. The van der Waals surface area contributed by atoms with E-state index in [1.165, 1.54) is 22.2 Å². The molecular weight excluding hydrogens is 394 g/mol. The van der Waals surface area contributed by atoms with Gasteiger partial charge < -0.3 is 9.32 Å². The fraction of sp³-hybridized carbons (Fsp3) is 0.450. The van der Waals surface area contributed by atoms with Crippen LogP contribution in [0.25, 0.3) is 10.2 Å². The predicted molar refractivity (Wildman–Crippen MR) is 112 cm³/mol. The normalized spacial score (nSPS) is 14.8. The van der Waals surface area contributed by atoms with E-state index in [2.05, 4.69) is 0 Å². The number of furan rings is 1. The lowest BCUT2D eigenvalue weighted by Gasteiger charge is -2.18. The second-order valence-corrected chi connectivity index (χ2v) is 9.64. The van der Waals surface area contributed by atoms with Crippen molar-refractivity contribution in [1.82, 2.24) is 14.5 Å². The maximum absolute atomic E-state index is 13.5. The van der Waals surface area contributed by atoms with Crippen LogP contribution in [-0.4, -0.2) is 39.7 Å². The molecule has 0 saturated heterocycles. The Labute approximate surface area is 171 Å². The lowest BCUT2D eigenvalue weighted by molar-refractivity contribution is -0.127. The minimum absolute atomic E-state index is 0.00521. The molecule has 1 aliphatic rings. The van der Waals surface area contributed by atoms with E-state index in [0.717, 1.165) is 35.9 Å². The molecule has 1 amide bonds. The molecule has 4 rings (SSSR count). The Balaban J connectivity index is 1.84. The number of aromatic nitrogens is 2. The van der Waals surface area contributed by atoms with Crippen LogP contribution < -0.4 is 5.56 Å². The maximum Gasteiger partial charge on any atom is 0.263 e. The van der Waals surface area contributed by atoms with Crippen LogP contribution in [0.4, 0.5) is 0 Å². The first-order chi connectivity index (χ1) is 13.5. The van der Waals surface area contributed by atoms with Gasteiger partial charge in [0.25, 0.3) is 5.56 Å². The molecule has 0 aliphatic heterocycles. The molecule has 8 heteroatoms. The average Bonchev–Trinajstić information content (AvgIpc) is 3.31. The van der Waals surface area contributed by atoms with E-state index in [1.807, 2.05) is 19.1 Å². The van der Waals surface area contributed by atoms with Crippen LogP contribution in [0.2, 0.25) is 0 Å². The molecule has 148 valence electrons. The SMILES string of the molecule is C[C@H](Sc1nc2sc3c(c2c(=O)n1Cc1ccco1)CCCC3)C(=O)N(C)C. The van der Waals surface area contributed by atoms with Gasteiger partial charge in [-0.2, -0.15) is 0 Å². The minimum Gasteiger partial charge on any atom is -0.467 e. The summed E-state index contributed by atoms with van der Waals surface area (Å²) in [7, 11) is 3.47. The largest absolute Gasteiger partial charge is 0.467 e. The van der Waals surface area contributed by atoms with Crippen molar-refractivity contribution < 1.29 is 9.21 Å². The van der Waals surface area contributed by atoms with Crippen LogP contribution in [0.1, 0.15) is 36.0 Å². The van der Waals surface area contributed by atoms with Crippen molar-refractivity contribution in [2.75, 3.05) is 14.1 Å². The van der Waals surface area contributed by atoms with Gasteiger partial charge >= 0.3 is 0 Å². The predicted octanol–water partition coefficient (Wildman–Crippen LogP) is 3.55. The van der Waals surface area contributed by atoms with Crippen LogP contribution in [0.15, 0.2) is 32.8 Å². The van der Waals surface area contributed by atoms with Gasteiger partial charge in [0.1, 0.15) is 10.6 Å². The summed E-state index contributed by atoms with van der Waals surface area (Å²) in [5.74, 6) is 0.690. The molecule has 0 fully saturated rings. The van der Waals surface area contributed by atoms with E-state index in [-0.39, 0.29) is 16.7 Å². The fourth-order valence-corrected chi connectivity index (χ4v) is 5.94. The number of nitrogens with zero attached hydrogens (tertiary/aromatic N) is 3. The third kappa shape index (κ3) is 3.51. The van der Waals surface area contributed by atoms with Gasteiger partial charge in [-0.3, -0.25) is 14.2 Å². The highest BCUT2D eigenvalue weighted by Gasteiger charge is 2.25. The van der Waals surface area contributed by atoms with Crippen molar-refractivity contribution in [3.05, 3.63) is 45.0 Å². The van der Waals surface area contributed by atoms with Crippen LogP contribution in [0.5, 0.6) is 0 Å². The molecule has 3 aromatic heterocycles. The fourth-order valence-electron chi connectivity index (χ4n) is 3.58. The van der Waals surface area contributed by atoms with E-state index in [1.54, 1.807) is 41.2 Å². The molecule has 28 heavy (non-hydrogen) atoms. The third-order valence-electron chi connectivity index (χ3n) is 5.00. The zero-order valence-corrected chi connectivity index (χ0v) is 17.9. The molecule has 1 atom stereocenters. The standard InChI is InChI=1S/C20H23N3O3S2/c1-12(18(24)22(2)3)27-20-21-17-16(14-8-4-5-9-15(14)28-17)19(25)23(20)11-13-7-6-10-26-13/h6-7,10,12H,4-5,8-9,11H2,1-3H3/t12-/m0/s1. The van der Waals surface area contributed by atoms with Crippen LogP contribution >= 0.6 is 23.1 Å². The first kappa shape index (κ1) is 19.3. The van der Waals surface area contributed by atoms with Gasteiger partial charge in [0.15, 0.2) is 5.16 Å². The molecule has 0 radical (unpaired) electrons. The highest BCUT2D eigenvalue weighted by molar-refractivity contribution is 8.00. The van der Waals surface area contributed by atoms with Crippen LogP contribution in [-0.2, 0) is 24.2 Å². The molecule has 1 aliphatic carbocycles. The van der Waals surface area contributed by atoms with Gasteiger partial charge in [0.05, 0.1) is 23.4 Å². The van der Waals surface area contributed by atoms with Crippen molar-refractivity contribution in [3.63, 3.8) is 0 Å². The van der Waals surface area contributed by atoms with Gasteiger partial charge in [-0.25, -0.2) is 4.98 Å². The van der Waals surface area contributed by atoms with E-state index >= 15 is 0 Å². The lowest BCUT2D eigenvalue weighted by Crippen LogP contribution is -2.31. The van der Waals surface area contributed by atoms with Gasteiger partial charge in [-0.15, -0.1) is 11.3 Å². The van der Waals surface area contributed by atoms with Crippen LogP contribution in [0, 0.1) is 0 Å². The van der Waals surface area contributed by atoms with E-state index in [9.17, 15) is 9.59 Å². The number of rotatable bonds is 5. The summed E-state index contributed by atoms with van der Waals surface area (Å²) < 4.78 is 7.13. The molecule has 3 heterocycles. The van der Waals surface area contributed by atoms with Crippen molar-refractivity contribution in [3.8, 4) is 0 Å². The monoisotopic (exact) mass is 417 g/mol. The summed E-state index contributed by atoms with van der Waals surface area (Å²) in [5, 5.41) is 0.981. The smallest absolute Gasteiger partial charge is 0.263 e. The van der Waals surface area contributed by atoms with Crippen molar-refractivity contribution in [2.45, 2.75) is 49.6 Å². The van der Waals surface area contributed by atoms with Crippen molar-refractivity contribution >= 4 is 39.2 Å². The first-order valence-electron chi connectivity index (χ1n) is 9.41. The Morgan fingerprint density at radius 2 is 2.18 bits per heavy atom. The molecule has 6 nitrogen and oxygen atoms in total. The molecule has 0 unspecified atom stereocenters. The molecule has 0 bridgehead atoms. The lowest BCUT2D eigenvalue weighted by atomic mass is 9.97. The summed E-state index contributed by atoms with van der Waals surface area (Å²) in [6.07, 6.45) is 5.84. The second kappa shape index (κ2) is 7.75. The third-order valence-corrected chi connectivity index (χ3v) is 7.27. The van der Waals surface area contributed by atoms with Gasteiger partial charge in [0, 0.05) is 19.0 Å². The van der Waals surface area contributed by atoms with Gasteiger partial charge in [0.2, 0.25) is 5.91 Å². The van der Waals surface area contributed by atoms with Gasteiger partial charge in [-0.05, 0) is 50.3 Å². The number of carbonyl (C=O) groups is 1.